The molecule has 21 heavy (non-hydrogen) atoms. The van der Waals surface area contributed by atoms with Gasteiger partial charge in [-0.1, -0.05) is 18.2 Å². The van der Waals surface area contributed by atoms with E-state index in [4.69, 9.17) is 19.6 Å². The molecule has 0 radical (unpaired) electrons. The minimum atomic E-state index is -1.02. The molecule has 0 spiro atoms. The van der Waals surface area contributed by atoms with Gasteiger partial charge in [-0.15, -0.1) is 0 Å². The Morgan fingerprint density at radius 2 is 2.05 bits per heavy atom. The minimum Gasteiger partial charge on any atom is -0.449 e. The molecule has 1 aromatic heterocycles. The predicted molar refractivity (Wildman–Crippen MR) is 75.6 cm³/mol. The second kappa shape index (κ2) is 6.41. The molecule has 0 aliphatic heterocycles. The number of para-hydroxylation sites is 1. The van der Waals surface area contributed by atoms with Crippen LogP contribution in [0.2, 0.25) is 0 Å². The second-order valence-corrected chi connectivity index (χ2v) is 4.49. The van der Waals surface area contributed by atoms with E-state index in [0.29, 0.717) is 17.8 Å². The van der Waals surface area contributed by atoms with Crippen LogP contribution in [0.25, 0.3) is 11.0 Å². The van der Waals surface area contributed by atoms with Gasteiger partial charge in [-0.2, -0.15) is 0 Å². The van der Waals surface area contributed by atoms with Crippen LogP contribution in [-0.2, 0) is 20.9 Å². The van der Waals surface area contributed by atoms with Gasteiger partial charge in [0.15, 0.2) is 6.10 Å². The van der Waals surface area contributed by atoms with Crippen molar-refractivity contribution in [1.82, 2.24) is 0 Å². The summed E-state index contributed by atoms with van der Waals surface area (Å²) >= 11 is 0. The Hall–Kier alpha value is -2.34. The number of primary amides is 1. The molecule has 1 amide bonds. The van der Waals surface area contributed by atoms with Crippen LogP contribution < -0.4 is 5.73 Å². The van der Waals surface area contributed by atoms with Crippen LogP contribution in [0.3, 0.4) is 0 Å². The zero-order chi connectivity index (χ0) is 15.4. The number of fused-ring (bicyclic) bond motifs is 1. The quantitative estimate of drug-likeness (QED) is 0.822. The first-order valence-corrected chi connectivity index (χ1v) is 6.63. The molecule has 0 aliphatic rings. The zero-order valence-corrected chi connectivity index (χ0v) is 11.9. The number of furan rings is 1. The molecule has 0 aliphatic carbocycles. The normalized spacial score (nSPS) is 12.3. The Morgan fingerprint density at radius 3 is 2.71 bits per heavy atom. The summed E-state index contributed by atoms with van der Waals surface area (Å²) in [6.07, 6.45) is -1.02. The lowest BCUT2D eigenvalue weighted by molar-refractivity contribution is -0.125. The smallest absolute Gasteiger partial charge is 0.375 e. The van der Waals surface area contributed by atoms with E-state index < -0.39 is 18.0 Å². The topological polar surface area (TPSA) is 91.8 Å². The van der Waals surface area contributed by atoms with Gasteiger partial charge in [-0.25, -0.2) is 4.79 Å². The van der Waals surface area contributed by atoms with Crippen molar-refractivity contribution in [2.75, 3.05) is 6.61 Å². The molecule has 1 unspecified atom stereocenters. The van der Waals surface area contributed by atoms with Gasteiger partial charge in [0.2, 0.25) is 5.76 Å². The van der Waals surface area contributed by atoms with Crippen LogP contribution in [0.4, 0.5) is 0 Å². The van der Waals surface area contributed by atoms with Crippen molar-refractivity contribution in [1.29, 1.82) is 0 Å². The second-order valence-electron chi connectivity index (χ2n) is 4.49. The Morgan fingerprint density at radius 1 is 1.33 bits per heavy atom. The molecule has 1 atom stereocenters. The molecular weight excluding hydrogens is 274 g/mol. The minimum absolute atomic E-state index is 0.0396. The predicted octanol–water partition coefficient (Wildman–Crippen LogP) is 2.00. The van der Waals surface area contributed by atoms with Crippen molar-refractivity contribution in [2.45, 2.75) is 26.6 Å². The number of rotatable bonds is 6. The third-order valence-corrected chi connectivity index (χ3v) is 3.02. The van der Waals surface area contributed by atoms with Crippen LogP contribution in [0.15, 0.2) is 28.7 Å². The molecule has 0 saturated heterocycles. The Balaban J connectivity index is 2.37. The first-order chi connectivity index (χ1) is 10.0. The number of hydrogen-bond donors (Lipinski definition) is 1. The molecule has 2 rings (SSSR count). The summed E-state index contributed by atoms with van der Waals surface area (Å²) < 4.78 is 15.9. The van der Waals surface area contributed by atoms with E-state index in [9.17, 15) is 9.59 Å². The molecule has 0 saturated carbocycles. The Kier molecular flexibility index (Phi) is 4.59. The summed E-state index contributed by atoms with van der Waals surface area (Å²) in [4.78, 5) is 23.1. The lowest BCUT2D eigenvalue weighted by Crippen LogP contribution is -2.30. The van der Waals surface area contributed by atoms with Crippen LogP contribution in [0.1, 0.15) is 30.0 Å². The van der Waals surface area contributed by atoms with Crippen molar-refractivity contribution < 1.29 is 23.5 Å². The monoisotopic (exact) mass is 291 g/mol. The van der Waals surface area contributed by atoms with E-state index in [1.807, 2.05) is 19.1 Å². The molecule has 6 heteroatoms. The molecule has 0 bridgehead atoms. The van der Waals surface area contributed by atoms with Gasteiger partial charge >= 0.3 is 5.97 Å². The highest BCUT2D eigenvalue weighted by Crippen LogP contribution is 2.27. The SMILES string of the molecule is CCOCc1c(C(=O)OC(C)C(N)=O)oc2ccccc12. The van der Waals surface area contributed by atoms with E-state index in [2.05, 4.69) is 0 Å². The molecule has 6 nitrogen and oxygen atoms in total. The molecule has 112 valence electrons. The summed E-state index contributed by atoms with van der Waals surface area (Å²) in [7, 11) is 0. The fourth-order valence-electron chi connectivity index (χ4n) is 1.88. The van der Waals surface area contributed by atoms with Gasteiger partial charge in [0.1, 0.15) is 5.58 Å². The first kappa shape index (κ1) is 15.1. The number of benzene rings is 1. The Labute approximate surface area is 121 Å². The highest BCUT2D eigenvalue weighted by atomic mass is 16.6. The number of ether oxygens (including phenoxy) is 2. The highest BCUT2D eigenvalue weighted by molar-refractivity contribution is 5.97. The summed E-state index contributed by atoms with van der Waals surface area (Å²) in [6.45, 7) is 4.00. The van der Waals surface area contributed by atoms with Crippen LogP contribution in [0, 0.1) is 0 Å². The van der Waals surface area contributed by atoms with E-state index in [1.54, 1.807) is 12.1 Å². The van der Waals surface area contributed by atoms with Crippen molar-refractivity contribution in [3.05, 3.63) is 35.6 Å². The number of hydrogen-bond acceptors (Lipinski definition) is 5. The van der Waals surface area contributed by atoms with Gasteiger partial charge in [0, 0.05) is 17.6 Å². The van der Waals surface area contributed by atoms with Gasteiger partial charge in [0.25, 0.3) is 5.91 Å². The molecule has 2 aromatic rings. The van der Waals surface area contributed by atoms with E-state index in [-0.39, 0.29) is 12.4 Å². The third-order valence-electron chi connectivity index (χ3n) is 3.02. The molecule has 1 heterocycles. The number of amides is 1. The molecule has 1 aromatic carbocycles. The lowest BCUT2D eigenvalue weighted by atomic mass is 10.1. The number of nitrogens with two attached hydrogens (primary N) is 1. The zero-order valence-electron chi connectivity index (χ0n) is 11.9. The summed E-state index contributed by atoms with van der Waals surface area (Å²) in [5.41, 5.74) is 6.25. The van der Waals surface area contributed by atoms with Crippen molar-refractivity contribution in [3.8, 4) is 0 Å². The number of carbonyl (C=O) groups is 2. The van der Waals surface area contributed by atoms with Crippen LogP contribution in [0.5, 0.6) is 0 Å². The van der Waals surface area contributed by atoms with Gasteiger partial charge < -0.3 is 19.6 Å². The average molecular weight is 291 g/mol. The van der Waals surface area contributed by atoms with E-state index in [0.717, 1.165) is 5.39 Å². The molecule has 0 fully saturated rings. The van der Waals surface area contributed by atoms with Gasteiger partial charge in [-0.3, -0.25) is 4.79 Å². The van der Waals surface area contributed by atoms with E-state index in [1.165, 1.54) is 6.92 Å². The Bertz CT molecular complexity index is 661. The maximum atomic E-state index is 12.1. The number of carbonyl (C=O) groups excluding carboxylic acids is 2. The van der Waals surface area contributed by atoms with Gasteiger partial charge in [0.05, 0.1) is 6.61 Å². The van der Waals surface area contributed by atoms with Crippen LogP contribution >= 0.6 is 0 Å². The maximum Gasteiger partial charge on any atom is 0.375 e. The number of esters is 1. The standard InChI is InChI=1S/C15H17NO5/c1-3-19-8-11-10-6-4-5-7-12(10)21-13(11)15(18)20-9(2)14(16)17/h4-7,9H,3,8H2,1-2H3,(H2,16,17). The third kappa shape index (κ3) is 3.22. The van der Waals surface area contributed by atoms with Crippen molar-refractivity contribution >= 4 is 22.8 Å². The van der Waals surface area contributed by atoms with E-state index >= 15 is 0 Å². The molecule has 2 N–H and O–H groups in total. The largest absolute Gasteiger partial charge is 0.449 e. The summed E-state index contributed by atoms with van der Waals surface area (Å²) in [5, 5.41) is 0.782. The first-order valence-electron chi connectivity index (χ1n) is 6.63. The highest BCUT2D eigenvalue weighted by Gasteiger charge is 2.24. The van der Waals surface area contributed by atoms with Crippen molar-refractivity contribution in [3.63, 3.8) is 0 Å². The fourth-order valence-corrected chi connectivity index (χ4v) is 1.88. The summed E-state index contributed by atoms with van der Waals surface area (Å²) in [6, 6.07) is 7.23. The lowest BCUT2D eigenvalue weighted by Gasteiger charge is -2.09. The fraction of sp³-hybridized carbons (Fsp3) is 0.333. The van der Waals surface area contributed by atoms with Crippen molar-refractivity contribution in [2.24, 2.45) is 5.73 Å². The molecular formula is C15H17NO5. The van der Waals surface area contributed by atoms with Crippen LogP contribution in [-0.4, -0.2) is 24.6 Å². The van der Waals surface area contributed by atoms with Gasteiger partial charge in [-0.05, 0) is 19.9 Å². The summed E-state index contributed by atoms with van der Waals surface area (Å²) in [5.74, 6) is -1.41. The average Bonchev–Trinajstić information content (AvgIpc) is 2.83. The maximum absolute atomic E-state index is 12.1.